The zero-order valence-electron chi connectivity index (χ0n) is 12.2. The van der Waals surface area contributed by atoms with E-state index < -0.39 is 6.36 Å². The third-order valence-corrected chi connectivity index (χ3v) is 4.65. The number of benzene rings is 1. The summed E-state index contributed by atoms with van der Waals surface area (Å²) < 4.78 is 41.7. The highest BCUT2D eigenvalue weighted by atomic mass is 19.4. The Balaban J connectivity index is 1.78. The maximum Gasteiger partial charge on any atom is 0.573 e. The van der Waals surface area contributed by atoms with Crippen molar-refractivity contribution in [2.24, 2.45) is 0 Å². The molecule has 3 rings (SSSR count). The van der Waals surface area contributed by atoms with Gasteiger partial charge in [-0.25, -0.2) is 0 Å². The first kappa shape index (κ1) is 15.6. The van der Waals surface area contributed by atoms with Crippen LogP contribution in [0.25, 0.3) is 0 Å². The fourth-order valence-electron chi connectivity index (χ4n) is 3.76. The van der Waals surface area contributed by atoms with E-state index in [9.17, 15) is 18.3 Å². The summed E-state index contributed by atoms with van der Waals surface area (Å²) in [6.07, 6.45) is -0.430. The van der Waals surface area contributed by atoms with Crippen molar-refractivity contribution in [3.8, 4) is 5.75 Å². The first-order valence-corrected chi connectivity index (χ1v) is 7.70. The molecule has 6 heteroatoms. The van der Waals surface area contributed by atoms with Gasteiger partial charge in [0.05, 0.1) is 6.10 Å². The second-order valence-electron chi connectivity index (χ2n) is 6.19. The lowest BCUT2D eigenvalue weighted by atomic mass is 9.82. The van der Waals surface area contributed by atoms with Crippen molar-refractivity contribution in [2.75, 3.05) is 0 Å². The molecule has 3 atom stereocenters. The van der Waals surface area contributed by atoms with Gasteiger partial charge in [0.25, 0.3) is 0 Å². The van der Waals surface area contributed by atoms with Crippen LogP contribution in [0.5, 0.6) is 5.75 Å². The normalized spacial score (nSPS) is 29.4. The first-order chi connectivity index (χ1) is 10.4. The zero-order chi connectivity index (χ0) is 15.7. The standard InChI is InChI=1S/C16H20F3NO2/c17-16(18,19)22-15-7-2-1-4-11(15)10-20-12-5-3-6-13(20)9-14(21)8-12/h1-2,4,7,12-14,21H,3,5-6,8-10H2/t12-,13+,14?. The molecule has 2 aliphatic rings. The quantitative estimate of drug-likeness (QED) is 0.927. The summed E-state index contributed by atoms with van der Waals surface area (Å²) in [7, 11) is 0. The highest BCUT2D eigenvalue weighted by Crippen LogP contribution is 2.37. The third kappa shape index (κ3) is 3.55. The van der Waals surface area contributed by atoms with Gasteiger partial charge in [0, 0.05) is 24.2 Å². The molecule has 1 unspecified atom stereocenters. The van der Waals surface area contributed by atoms with Crippen molar-refractivity contribution >= 4 is 0 Å². The van der Waals surface area contributed by atoms with Gasteiger partial charge >= 0.3 is 6.36 Å². The van der Waals surface area contributed by atoms with Gasteiger partial charge in [-0.3, -0.25) is 4.90 Å². The molecule has 22 heavy (non-hydrogen) atoms. The Morgan fingerprint density at radius 2 is 1.77 bits per heavy atom. The Kier molecular flexibility index (Phi) is 4.32. The minimum Gasteiger partial charge on any atom is -0.405 e. The Morgan fingerprint density at radius 3 is 2.41 bits per heavy atom. The molecule has 2 aliphatic heterocycles. The number of aliphatic hydroxyl groups is 1. The number of nitrogens with zero attached hydrogens (tertiary/aromatic N) is 1. The predicted molar refractivity (Wildman–Crippen MR) is 75.3 cm³/mol. The lowest BCUT2D eigenvalue weighted by molar-refractivity contribution is -0.275. The molecule has 2 heterocycles. The molecular weight excluding hydrogens is 295 g/mol. The Labute approximate surface area is 127 Å². The number of ether oxygens (including phenoxy) is 1. The van der Waals surface area contributed by atoms with Crippen LogP contribution in [-0.4, -0.2) is 34.6 Å². The molecule has 0 aliphatic carbocycles. The average Bonchev–Trinajstić information content (AvgIpc) is 2.40. The Hall–Kier alpha value is -1.27. The highest BCUT2D eigenvalue weighted by Gasteiger charge is 2.38. The van der Waals surface area contributed by atoms with Crippen LogP contribution in [0.1, 0.15) is 37.7 Å². The maximum atomic E-state index is 12.5. The van der Waals surface area contributed by atoms with Crippen molar-refractivity contribution in [2.45, 2.75) is 63.2 Å². The molecule has 1 aromatic rings. The van der Waals surface area contributed by atoms with Gasteiger partial charge in [0.1, 0.15) is 5.75 Å². The molecule has 2 bridgehead atoms. The van der Waals surface area contributed by atoms with E-state index in [1.165, 1.54) is 6.07 Å². The second kappa shape index (κ2) is 6.08. The monoisotopic (exact) mass is 315 g/mol. The molecule has 1 aromatic carbocycles. The second-order valence-corrected chi connectivity index (χ2v) is 6.19. The van der Waals surface area contributed by atoms with E-state index in [2.05, 4.69) is 9.64 Å². The Morgan fingerprint density at radius 1 is 1.14 bits per heavy atom. The van der Waals surface area contributed by atoms with Gasteiger partial charge < -0.3 is 9.84 Å². The number of halogens is 3. The molecular formula is C16H20F3NO2. The molecule has 0 saturated carbocycles. The van der Waals surface area contributed by atoms with E-state index in [1.54, 1.807) is 18.2 Å². The fraction of sp³-hybridized carbons (Fsp3) is 0.625. The van der Waals surface area contributed by atoms with E-state index >= 15 is 0 Å². The van der Waals surface area contributed by atoms with Crippen molar-refractivity contribution in [3.63, 3.8) is 0 Å². The van der Waals surface area contributed by atoms with Crippen LogP contribution in [0.2, 0.25) is 0 Å². The zero-order valence-corrected chi connectivity index (χ0v) is 12.2. The highest BCUT2D eigenvalue weighted by molar-refractivity contribution is 5.33. The molecule has 1 N–H and O–H groups in total. The van der Waals surface area contributed by atoms with Crippen LogP contribution in [0, 0.1) is 0 Å². The van der Waals surface area contributed by atoms with Crippen LogP contribution >= 0.6 is 0 Å². The maximum absolute atomic E-state index is 12.5. The largest absolute Gasteiger partial charge is 0.573 e. The van der Waals surface area contributed by atoms with E-state index in [-0.39, 0.29) is 23.9 Å². The van der Waals surface area contributed by atoms with E-state index in [4.69, 9.17) is 0 Å². The number of aliphatic hydroxyl groups excluding tert-OH is 1. The minimum atomic E-state index is -4.68. The minimum absolute atomic E-state index is 0.126. The predicted octanol–water partition coefficient (Wildman–Crippen LogP) is 3.46. The summed E-state index contributed by atoms with van der Waals surface area (Å²) in [6.45, 7) is 0.439. The summed E-state index contributed by atoms with van der Waals surface area (Å²) in [6, 6.07) is 6.82. The lowest BCUT2D eigenvalue weighted by Crippen LogP contribution is -2.52. The number of hydrogen-bond donors (Lipinski definition) is 1. The van der Waals surface area contributed by atoms with Crippen LogP contribution < -0.4 is 4.74 Å². The lowest BCUT2D eigenvalue weighted by Gasteiger charge is -2.48. The van der Waals surface area contributed by atoms with Gasteiger partial charge in [0.15, 0.2) is 0 Å². The summed E-state index contributed by atoms with van der Waals surface area (Å²) in [5.74, 6) is -0.126. The molecule has 0 amide bonds. The SMILES string of the molecule is OC1C[C@H]2CCC[C@@H](C1)N2Cc1ccccc1OC(F)(F)F. The number of fused-ring (bicyclic) bond motifs is 2. The fourth-order valence-corrected chi connectivity index (χ4v) is 3.76. The Bertz CT molecular complexity index is 506. The van der Waals surface area contributed by atoms with Crippen molar-refractivity contribution in [1.29, 1.82) is 0 Å². The van der Waals surface area contributed by atoms with E-state index in [1.807, 2.05) is 0 Å². The summed E-state index contributed by atoms with van der Waals surface area (Å²) in [5, 5.41) is 9.91. The van der Waals surface area contributed by atoms with Gasteiger partial charge in [-0.1, -0.05) is 24.6 Å². The number of piperidine rings is 2. The van der Waals surface area contributed by atoms with Gasteiger partial charge in [-0.05, 0) is 31.7 Å². The van der Waals surface area contributed by atoms with Gasteiger partial charge in [-0.15, -0.1) is 13.2 Å². The smallest absolute Gasteiger partial charge is 0.405 e. The van der Waals surface area contributed by atoms with Crippen LogP contribution in [0.15, 0.2) is 24.3 Å². The van der Waals surface area contributed by atoms with Gasteiger partial charge in [-0.2, -0.15) is 0 Å². The topological polar surface area (TPSA) is 32.7 Å². The summed E-state index contributed by atoms with van der Waals surface area (Å²) in [5.41, 5.74) is 0.549. The molecule has 2 fully saturated rings. The first-order valence-electron chi connectivity index (χ1n) is 7.70. The van der Waals surface area contributed by atoms with Crippen molar-refractivity contribution < 1.29 is 23.0 Å². The number of rotatable bonds is 3. The summed E-state index contributed by atoms with van der Waals surface area (Å²) >= 11 is 0. The van der Waals surface area contributed by atoms with Crippen molar-refractivity contribution in [3.05, 3.63) is 29.8 Å². The average molecular weight is 315 g/mol. The molecule has 0 spiro atoms. The molecule has 122 valence electrons. The third-order valence-electron chi connectivity index (χ3n) is 4.65. The molecule has 2 saturated heterocycles. The van der Waals surface area contributed by atoms with Crippen LogP contribution in [-0.2, 0) is 6.54 Å². The van der Waals surface area contributed by atoms with Crippen LogP contribution in [0.3, 0.4) is 0 Å². The number of para-hydroxylation sites is 1. The molecule has 0 aromatic heterocycles. The summed E-state index contributed by atoms with van der Waals surface area (Å²) in [4.78, 5) is 2.24. The molecule has 3 nitrogen and oxygen atoms in total. The molecule has 0 radical (unpaired) electrons. The van der Waals surface area contributed by atoms with E-state index in [0.29, 0.717) is 24.9 Å². The number of hydrogen-bond acceptors (Lipinski definition) is 3. The van der Waals surface area contributed by atoms with Crippen LogP contribution in [0.4, 0.5) is 13.2 Å². The van der Waals surface area contributed by atoms with Gasteiger partial charge in [0.2, 0.25) is 0 Å². The number of alkyl halides is 3. The van der Waals surface area contributed by atoms with Crippen molar-refractivity contribution in [1.82, 2.24) is 4.90 Å². The van der Waals surface area contributed by atoms with E-state index in [0.717, 1.165) is 19.3 Å².